The van der Waals surface area contributed by atoms with Crippen molar-refractivity contribution in [3.05, 3.63) is 28.9 Å². The monoisotopic (exact) mass is 293 g/mol. The van der Waals surface area contributed by atoms with Crippen molar-refractivity contribution in [2.75, 3.05) is 26.0 Å². The molecule has 0 aliphatic carbocycles. The van der Waals surface area contributed by atoms with Crippen LogP contribution in [0.4, 0.5) is 5.69 Å². The summed E-state index contributed by atoms with van der Waals surface area (Å²) in [7, 11) is 5.27. The average Bonchev–Trinajstić information content (AvgIpc) is 2.82. The van der Waals surface area contributed by atoms with Crippen LogP contribution in [0.25, 0.3) is 10.9 Å². The van der Waals surface area contributed by atoms with E-state index in [4.69, 9.17) is 22.7 Å². The van der Waals surface area contributed by atoms with Crippen molar-refractivity contribution in [2.45, 2.75) is 0 Å². The van der Waals surface area contributed by atoms with Crippen molar-refractivity contribution in [1.82, 2.24) is 9.88 Å². The molecule has 6 nitrogen and oxygen atoms in total. The van der Waals surface area contributed by atoms with Crippen molar-refractivity contribution in [3.8, 4) is 0 Å². The molecule has 7 heteroatoms. The minimum atomic E-state index is -0.380. The molecule has 2 aromatic rings. The number of amides is 1. The maximum absolute atomic E-state index is 12.2. The van der Waals surface area contributed by atoms with Crippen LogP contribution in [-0.4, -0.2) is 42.9 Å². The van der Waals surface area contributed by atoms with Gasteiger partial charge < -0.3 is 15.6 Å². The number of halogens is 1. The minimum Gasteiger partial charge on any atom is -0.376 e. The molecule has 1 heterocycles. The van der Waals surface area contributed by atoms with Gasteiger partial charge in [0.25, 0.3) is 5.91 Å². The largest absolute Gasteiger partial charge is 0.376 e. The normalized spacial score (nSPS) is 10.6. The van der Waals surface area contributed by atoms with Crippen LogP contribution in [0, 0.1) is 5.41 Å². The molecule has 20 heavy (non-hydrogen) atoms. The third-order valence-electron chi connectivity index (χ3n) is 3.10. The Morgan fingerprint density at radius 2 is 2.00 bits per heavy atom. The summed E-state index contributed by atoms with van der Waals surface area (Å²) in [5.74, 6) is -0.693. The average molecular weight is 294 g/mol. The molecule has 2 rings (SSSR count). The molecule has 1 amide bonds. The van der Waals surface area contributed by atoms with Crippen LogP contribution < -0.4 is 10.6 Å². The number of nitrogens with one attached hydrogen (secondary N) is 2. The van der Waals surface area contributed by atoms with E-state index in [1.165, 1.54) is 7.05 Å². The van der Waals surface area contributed by atoms with Gasteiger partial charge >= 0.3 is 0 Å². The zero-order valence-corrected chi connectivity index (χ0v) is 12.2. The number of carbonyl (C=O) groups is 1. The van der Waals surface area contributed by atoms with Gasteiger partial charge in [0.1, 0.15) is 5.69 Å². The number of rotatable bonds is 2. The molecule has 0 bridgehead atoms. The molecule has 0 aliphatic heterocycles. The van der Waals surface area contributed by atoms with Crippen LogP contribution in [-0.2, 0) is 0 Å². The van der Waals surface area contributed by atoms with Gasteiger partial charge in [-0.15, -0.1) is 0 Å². The first-order valence-electron chi connectivity index (χ1n) is 5.93. The molecule has 0 aliphatic rings. The van der Waals surface area contributed by atoms with E-state index in [1.54, 1.807) is 12.1 Å². The van der Waals surface area contributed by atoms with Crippen molar-refractivity contribution in [1.29, 1.82) is 5.41 Å². The summed E-state index contributed by atoms with van der Waals surface area (Å²) in [6.45, 7) is 0. The van der Waals surface area contributed by atoms with Gasteiger partial charge in [0.15, 0.2) is 5.96 Å². The Hall–Kier alpha value is -2.21. The van der Waals surface area contributed by atoms with Crippen molar-refractivity contribution < 1.29 is 4.79 Å². The number of hydrogen-bond donors (Lipinski definition) is 3. The summed E-state index contributed by atoms with van der Waals surface area (Å²) in [4.78, 5) is 18.2. The molecule has 0 saturated heterocycles. The zero-order chi connectivity index (χ0) is 15.0. The Kier molecular flexibility index (Phi) is 3.59. The topological polar surface area (TPSA) is 89.2 Å². The van der Waals surface area contributed by atoms with Crippen LogP contribution in [0.2, 0.25) is 5.02 Å². The van der Waals surface area contributed by atoms with E-state index in [-0.39, 0.29) is 11.9 Å². The Morgan fingerprint density at radius 3 is 2.55 bits per heavy atom. The highest BCUT2D eigenvalue weighted by atomic mass is 35.5. The van der Waals surface area contributed by atoms with Crippen molar-refractivity contribution >= 4 is 40.1 Å². The van der Waals surface area contributed by atoms with Crippen LogP contribution >= 0.6 is 11.6 Å². The standard InChI is InChI=1S/C13H16ClN5O/c1-18(2)10-5-4-8(14)7-6-9(17-11(7)10)12(20)19(3)13(15)16/h4-6,17H,1-3H3,(H3,15,16). The molecule has 0 saturated carbocycles. The summed E-state index contributed by atoms with van der Waals surface area (Å²) >= 11 is 6.16. The number of nitrogens with zero attached hydrogens (tertiary/aromatic N) is 2. The summed E-state index contributed by atoms with van der Waals surface area (Å²) in [6.07, 6.45) is 0. The van der Waals surface area contributed by atoms with Crippen LogP contribution in [0.1, 0.15) is 10.5 Å². The number of fused-ring (bicyclic) bond motifs is 1. The third-order valence-corrected chi connectivity index (χ3v) is 3.43. The predicted molar refractivity (Wildman–Crippen MR) is 81.6 cm³/mol. The van der Waals surface area contributed by atoms with E-state index in [2.05, 4.69) is 4.98 Å². The van der Waals surface area contributed by atoms with Gasteiger partial charge in [-0.25, -0.2) is 0 Å². The van der Waals surface area contributed by atoms with E-state index in [0.29, 0.717) is 10.7 Å². The molecule has 1 aromatic carbocycles. The third kappa shape index (κ3) is 2.30. The molecule has 106 valence electrons. The molecular formula is C13H16ClN5O. The second-order valence-corrected chi connectivity index (χ2v) is 5.09. The molecule has 0 unspecified atom stereocenters. The Morgan fingerprint density at radius 1 is 1.35 bits per heavy atom. The Balaban J connectivity index is 2.59. The first kappa shape index (κ1) is 14.2. The SMILES string of the molecule is CN(C(=N)N)C(=O)c1cc2c(Cl)ccc(N(C)C)c2[nH]1. The Labute approximate surface area is 121 Å². The lowest BCUT2D eigenvalue weighted by atomic mass is 10.2. The molecule has 0 spiro atoms. The molecule has 1 aromatic heterocycles. The number of aromatic nitrogens is 1. The number of hydrogen-bond acceptors (Lipinski definition) is 3. The lowest BCUT2D eigenvalue weighted by Gasteiger charge is -2.14. The van der Waals surface area contributed by atoms with Gasteiger partial charge in [0, 0.05) is 26.5 Å². The van der Waals surface area contributed by atoms with Crippen LogP contribution in [0.5, 0.6) is 0 Å². The fourth-order valence-corrected chi connectivity index (χ4v) is 2.16. The number of guanidine groups is 1. The first-order chi connectivity index (χ1) is 9.32. The number of nitrogens with two attached hydrogens (primary N) is 1. The van der Waals surface area contributed by atoms with E-state index in [1.807, 2.05) is 25.1 Å². The molecular weight excluding hydrogens is 278 g/mol. The molecule has 0 radical (unpaired) electrons. The predicted octanol–water partition coefficient (Wildman–Crippen LogP) is 1.85. The molecule has 4 N–H and O–H groups in total. The minimum absolute atomic E-state index is 0.312. The quantitative estimate of drug-likeness (QED) is 0.583. The van der Waals surface area contributed by atoms with Crippen LogP contribution in [0.15, 0.2) is 18.2 Å². The van der Waals surface area contributed by atoms with Crippen molar-refractivity contribution in [3.63, 3.8) is 0 Å². The molecule has 0 atom stereocenters. The van der Waals surface area contributed by atoms with Gasteiger partial charge in [-0.2, -0.15) is 0 Å². The maximum atomic E-state index is 12.2. The highest BCUT2D eigenvalue weighted by molar-refractivity contribution is 6.36. The van der Waals surface area contributed by atoms with Gasteiger partial charge in [0.2, 0.25) is 0 Å². The lowest BCUT2D eigenvalue weighted by Crippen LogP contribution is -2.38. The molecule has 0 fully saturated rings. The van der Waals surface area contributed by atoms with Gasteiger partial charge in [-0.05, 0) is 18.2 Å². The maximum Gasteiger partial charge on any atom is 0.276 e. The van der Waals surface area contributed by atoms with Crippen molar-refractivity contribution in [2.24, 2.45) is 5.73 Å². The summed E-state index contributed by atoms with van der Waals surface area (Å²) < 4.78 is 0. The highest BCUT2D eigenvalue weighted by Crippen LogP contribution is 2.31. The van der Waals surface area contributed by atoms with Gasteiger partial charge in [-0.3, -0.25) is 15.1 Å². The smallest absolute Gasteiger partial charge is 0.276 e. The summed E-state index contributed by atoms with van der Waals surface area (Å²) in [6, 6.07) is 5.34. The second kappa shape index (κ2) is 5.05. The fraction of sp³-hybridized carbons (Fsp3) is 0.231. The highest BCUT2D eigenvalue weighted by Gasteiger charge is 2.18. The van der Waals surface area contributed by atoms with E-state index in [0.717, 1.165) is 21.5 Å². The van der Waals surface area contributed by atoms with Crippen LogP contribution in [0.3, 0.4) is 0 Å². The van der Waals surface area contributed by atoms with E-state index in [9.17, 15) is 4.79 Å². The number of benzene rings is 1. The lowest BCUT2D eigenvalue weighted by molar-refractivity contribution is 0.0864. The first-order valence-corrected chi connectivity index (χ1v) is 6.31. The summed E-state index contributed by atoms with van der Waals surface area (Å²) in [5.41, 5.74) is 7.36. The number of carbonyl (C=O) groups excluding carboxylic acids is 1. The van der Waals surface area contributed by atoms with E-state index >= 15 is 0 Å². The zero-order valence-electron chi connectivity index (χ0n) is 11.5. The van der Waals surface area contributed by atoms with Gasteiger partial charge in [-0.1, -0.05) is 11.6 Å². The summed E-state index contributed by atoms with van der Waals surface area (Å²) in [5, 5.41) is 8.63. The number of aromatic amines is 1. The van der Waals surface area contributed by atoms with E-state index < -0.39 is 0 Å². The van der Waals surface area contributed by atoms with Gasteiger partial charge in [0.05, 0.1) is 16.2 Å². The second-order valence-electron chi connectivity index (χ2n) is 4.68. The number of H-pyrrole nitrogens is 1. The fourth-order valence-electron chi connectivity index (χ4n) is 1.95. The Bertz CT molecular complexity index is 691. The number of anilines is 1.